The number of amides is 4. The van der Waals surface area contributed by atoms with E-state index < -0.39 is 17.5 Å². The summed E-state index contributed by atoms with van der Waals surface area (Å²) in [6, 6.07) is -0.500. The average molecular weight is 412 g/mol. The predicted molar refractivity (Wildman–Crippen MR) is 105 cm³/mol. The third-order valence-electron chi connectivity index (χ3n) is 4.85. The molecule has 2 aliphatic rings. The fourth-order valence-electron chi connectivity index (χ4n) is 4.39. The van der Waals surface area contributed by atoms with Gasteiger partial charge < -0.3 is 5.32 Å². The van der Waals surface area contributed by atoms with Gasteiger partial charge in [0.1, 0.15) is 12.1 Å². The first kappa shape index (κ1) is 20.1. The summed E-state index contributed by atoms with van der Waals surface area (Å²) >= 11 is 2.81. The Hall–Kier alpha value is -1.68. The van der Waals surface area contributed by atoms with Crippen LogP contribution in [0.1, 0.15) is 47.0 Å². The predicted octanol–water partition coefficient (Wildman–Crippen LogP) is 2.73. The molecule has 148 valence electrons. The second kappa shape index (κ2) is 7.38. The van der Waals surface area contributed by atoms with E-state index in [-0.39, 0.29) is 17.9 Å². The number of aromatic nitrogens is 2. The van der Waals surface area contributed by atoms with Crippen molar-refractivity contribution < 1.29 is 14.4 Å². The zero-order chi connectivity index (χ0) is 19.8. The van der Waals surface area contributed by atoms with Crippen LogP contribution in [0.25, 0.3) is 0 Å². The summed E-state index contributed by atoms with van der Waals surface area (Å²) < 4.78 is 0.764. The third-order valence-corrected chi connectivity index (χ3v) is 6.70. The Morgan fingerprint density at radius 3 is 2.78 bits per heavy atom. The van der Waals surface area contributed by atoms with Gasteiger partial charge in [0, 0.05) is 0 Å². The van der Waals surface area contributed by atoms with Crippen molar-refractivity contribution in [3.63, 3.8) is 0 Å². The number of urea groups is 1. The van der Waals surface area contributed by atoms with E-state index in [1.54, 1.807) is 0 Å². The number of rotatable bonds is 5. The number of carbonyl (C=O) groups excluding carboxylic acids is 3. The van der Waals surface area contributed by atoms with Crippen LogP contribution in [0.4, 0.5) is 9.93 Å². The number of hydrogen-bond acceptors (Lipinski definition) is 7. The largest absolute Gasteiger partial charge is 0.325 e. The van der Waals surface area contributed by atoms with Gasteiger partial charge in [0.05, 0.1) is 0 Å². The minimum absolute atomic E-state index is 0.0429. The van der Waals surface area contributed by atoms with Gasteiger partial charge in [0.2, 0.25) is 11.0 Å². The van der Waals surface area contributed by atoms with E-state index in [1.807, 2.05) is 6.92 Å². The normalized spacial score (nSPS) is 27.1. The Labute approximate surface area is 166 Å². The maximum Gasteiger partial charge on any atom is 0.325 e. The Morgan fingerprint density at radius 1 is 1.37 bits per heavy atom. The lowest BCUT2D eigenvalue weighted by Crippen LogP contribution is -2.54. The number of nitrogens with one attached hydrogen (secondary N) is 2. The molecule has 1 spiro atoms. The van der Waals surface area contributed by atoms with Crippen LogP contribution in [0.15, 0.2) is 4.34 Å². The molecule has 1 aliphatic carbocycles. The molecule has 3 rings (SSSR count). The molecule has 1 aromatic heterocycles. The summed E-state index contributed by atoms with van der Waals surface area (Å²) in [7, 11) is 0. The van der Waals surface area contributed by atoms with Crippen molar-refractivity contribution in [2.24, 2.45) is 11.3 Å². The maximum absolute atomic E-state index is 13.0. The lowest BCUT2D eigenvalue weighted by atomic mass is 9.64. The number of carbonyl (C=O) groups is 3. The summed E-state index contributed by atoms with van der Waals surface area (Å²) in [5.74, 6) is 0.425. The number of imide groups is 1. The molecule has 2 fully saturated rings. The summed E-state index contributed by atoms with van der Waals surface area (Å²) in [5, 5.41) is 13.7. The highest BCUT2D eigenvalue weighted by atomic mass is 32.2. The Kier molecular flexibility index (Phi) is 5.49. The van der Waals surface area contributed by atoms with Crippen LogP contribution in [-0.4, -0.2) is 50.8 Å². The molecule has 1 aromatic rings. The molecule has 0 aromatic carbocycles. The highest BCUT2D eigenvalue weighted by molar-refractivity contribution is 8.01. The molecule has 27 heavy (non-hydrogen) atoms. The smallest absolute Gasteiger partial charge is 0.323 e. The average Bonchev–Trinajstić information content (AvgIpc) is 3.04. The van der Waals surface area contributed by atoms with Gasteiger partial charge in [-0.05, 0) is 36.3 Å². The van der Waals surface area contributed by atoms with Gasteiger partial charge in [-0.3, -0.25) is 19.8 Å². The number of hydrogen-bond donors (Lipinski definition) is 2. The Bertz CT molecular complexity index is 766. The lowest BCUT2D eigenvalue weighted by molar-refractivity contribution is -0.136. The van der Waals surface area contributed by atoms with E-state index in [9.17, 15) is 14.4 Å². The second-order valence-corrected chi connectivity index (χ2v) is 10.6. The summed E-state index contributed by atoms with van der Waals surface area (Å²) in [6.45, 7) is 8.00. The molecule has 2 N–H and O–H groups in total. The van der Waals surface area contributed by atoms with Crippen LogP contribution in [0.5, 0.6) is 0 Å². The van der Waals surface area contributed by atoms with Crippen molar-refractivity contribution in [2.75, 3.05) is 17.6 Å². The molecule has 4 amide bonds. The van der Waals surface area contributed by atoms with E-state index in [1.165, 1.54) is 23.1 Å². The highest BCUT2D eigenvalue weighted by Gasteiger charge is 2.56. The zero-order valence-electron chi connectivity index (χ0n) is 16.0. The van der Waals surface area contributed by atoms with E-state index in [2.05, 4.69) is 41.6 Å². The van der Waals surface area contributed by atoms with Crippen LogP contribution >= 0.6 is 23.1 Å². The quantitative estimate of drug-likeness (QED) is 0.439. The monoisotopic (exact) mass is 411 g/mol. The van der Waals surface area contributed by atoms with Crippen LogP contribution in [0.3, 0.4) is 0 Å². The van der Waals surface area contributed by atoms with Crippen molar-refractivity contribution in [1.29, 1.82) is 0 Å². The fourth-order valence-corrected chi connectivity index (χ4v) is 6.06. The van der Waals surface area contributed by atoms with Gasteiger partial charge >= 0.3 is 6.03 Å². The van der Waals surface area contributed by atoms with Crippen molar-refractivity contribution in [1.82, 2.24) is 20.4 Å². The Balaban J connectivity index is 1.67. The minimum atomic E-state index is -0.897. The summed E-state index contributed by atoms with van der Waals surface area (Å²) in [4.78, 5) is 38.8. The van der Waals surface area contributed by atoms with Gasteiger partial charge in [-0.15, -0.1) is 10.2 Å². The molecule has 1 saturated heterocycles. The van der Waals surface area contributed by atoms with Crippen molar-refractivity contribution in [2.45, 2.75) is 56.8 Å². The molecule has 10 heteroatoms. The van der Waals surface area contributed by atoms with Gasteiger partial charge in [-0.2, -0.15) is 0 Å². The molecule has 8 nitrogen and oxygen atoms in total. The number of anilines is 1. The molecule has 2 heterocycles. The molecule has 1 aliphatic heterocycles. The lowest BCUT2D eigenvalue weighted by Gasteiger charge is -2.43. The van der Waals surface area contributed by atoms with E-state index >= 15 is 0 Å². The third kappa shape index (κ3) is 4.26. The molecular weight excluding hydrogens is 386 g/mol. The van der Waals surface area contributed by atoms with Crippen molar-refractivity contribution >= 4 is 46.1 Å². The van der Waals surface area contributed by atoms with Gasteiger partial charge in [-0.25, -0.2) is 4.79 Å². The molecule has 0 radical (unpaired) electrons. The fraction of sp³-hybridized carbons (Fsp3) is 0.706. The van der Waals surface area contributed by atoms with Crippen LogP contribution < -0.4 is 10.6 Å². The summed E-state index contributed by atoms with van der Waals surface area (Å²) in [6.07, 6.45) is 2.20. The van der Waals surface area contributed by atoms with Crippen LogP contribution in [0, 0.1) is 11.3 Å². The first-order valence-corrected chi connectivity index (χ1v) is 10.8. The van der Waals surface area contributed by atoms with Gasteiger partial charge in [0.25, 0.3) is 5.91 Å². The van der Waals surface area contributed by atoms with Crippen molar-refractivity contribution in [3.8, 4) is 0 Å². The Morgan fingerprint density at radius 2 is 2.11 bits per heavy atom. The molecule has 0 unspecified atom stereocenters. The van der Waals surface area contributed by atoms with E-state index in [0.717, 1.165) is 21.4 Å². The molecule has 0 bridgehead atoms. The highest BCUT2D eigenvalue weighted by Crippen LogP contribution is 2.46. The molecule has 1 saturated carbocycles. The number of nitrogens with zero attached hydrogens (tertiary/aromatic N) is 3. The number of thioether (sulfide) groups is 1. The molecule has 2 atom stereocenters. The first-order chi connectivity index (χ1) is 12.6. The van der Waals surface area contributed by atoms with Crippen LogP contribution in [0.2, 0.25) is 0 Å². The topological polar surface area (TPSA) is 104 Å². The van der Waals surface area contributed by atoms with Crippen molar-refractivity contribution in [3.05, 3.63) is 0 Å². The first-order valence-electron chi connectivity index (χ1n) is 9.04. The van der Waals surface area contributed by atoms with Gasteiger partial charge in [-0.1, -0.05) is 50.8 Å². The standard InChI is InChI=1S/C17H25N5O3S2/c1-5-26-15-21-20-13(27-15)18-11(23)8-22-12(24)17(19-14(22)25)7-10(2)6-16(3,4)9-17/h10H,5-9H2,1-4H3,(H,19,25)(H,18,20,23)/t10-,17+/m1/s1. The van der Waals surface area contributed by atoms with Crippen LogP contribution in [-0.2, 0) is 9.59 Å². The van der Waals surface area contributed by atoms with E-state index in [0.29, 0.717) is 23.9 Å². The SMILES string of the molecule is CCSc1nnc(NC(=O)CN2C(=O)N[C@]3(C[C@H](C)CC(C)(C)C3)C2=O)s1. The second-order valence-electron chi connectivity index (χ2n) is 8.11. The van der Waals surface area contributed by atoms with E-state index in [4.69, 9.17) is 0 Å². The zero-order valence-corrected chi connectivity index (χ0v) is 17.6. The minimum Gasteiger partial charge on any atom is -0.323 e. The van der Waals surface area contributed by atoms with Gasteiger partial charge in [0.15, 0.2) is 4.34 Å². The molecular formula is C17H25N5O3S2. The maximum atomic E-state index is 13.0. The summed E-state index contributed by atoms with van der Waals surface area (Å²) in [5.41, 5.74) is -0.940.